The minimum absolute atomic E-state index is 0.0702. The average Bonchev–Trinajstić information content (AvgIpc) is 2.95. The van der Waals surface area contributed by atoms with Crippen LogP contribution < -0.4 is 5.32 Å². The van der Waals surface area contributed by atoms with E-state index in [0.717, 1.165) is 17.3 Å². The van der Waals surface area contributed by atoms with Crippen molar-refractivity contribution in [1.82, 2.24) is 10.3 Å². The second kappa shape index (κ2) is 4.14. The first-order chi connectivity index (χ1) is 8.66. The molecule has 1 aliphatic heterocycles. The predicted octanol–water partition coefficient (Wildman–Crippen LogP) is 2.08. The van der Waals surface area contributed by atoms with Gasteiger partial charge in [-0.2, -0.15) is 0 Å². The Hall–Kier alpha value is -1.81. The van der Waals surface area contributed by atoms with Gasteiger partial charge in [-0.1, -0.05) is 18.2 Å². The lowest BCUT2D eigenvalue weighted by Gasteiger charge is -2.22. The standard InChI is InChI=1S/C14H16N2O2/c1-14(6-7-18-9-14)16-13(17)12-8-10-4-2-3-5-11(10)15-12/h2-5,8,15H,6-7,9H2,1H3,(H,16,17). The van der Waals surface area contributed by atoms with E-state index in [0.29, 0.717) is 18.9 Å². The molecule has 2 N–H and O–H groups in total. The number of ether oxygens (including phenoxy) is 1. The third kappa shape index (κ3) is 1.99. The Morgan fingerprint density at radius 3 is 3.00 bits per heavy atom. The Kier molecular flexibility index (Phi) is 2.59. The molecule has 0 bridgehead atoms. The number of rotatable bonds is 2. The lowest BCUT2D eigenvalue weighted by Crippen LogP contribution is -2.46. The van der Waals surface area contributed by atoms with Crippen molar-refractivity contribution in [3.63, 3.8) is 0 Å². The van der Waals surface area contributed by atoms with Gasteiger partial charge in [0.1, 0.15) is 5.69 Å². The summed E-state index contributed by atoms with van der Waals surface area (Å²) in [6.07, 6.45) is 0.860. The number of nitrogens with one attached hydrogen (secondary N) is 2. The van der Waals surface area contributed by atoms with Crippen LogP contribution in [0.4, 0.5) is 0 Å². The van der Waals surface area contributed by atoms with E-state index in [1.165, 1.54) is 0 Å². The van der Waals surface area contributed by atoms with Crippen LogP contribution in [0.5, 0.6) is 0 Å². The minimum Gasteiger partial charge on any atom is -0.379 e. The third-order valence-corrected chi connectivity index (χ3v) is 3.41. The molecule has 0 aliphatic carbocycles. The van der Waals surface area contributed by atoms with Crippen molar-refractivity contribution in [1.29, 1.82) is 0 Å². The molecule has 3 rings (SSSR count). The fraction of sp³-hybridized carbons (Fsp3) is 0.357. The van der Waals surface area contributed by atoms with E-state index in [2.05, 4.69) is 10.3 Å². The molecule has 2 heterocycles. The van der Waals surface area contributed by atoms with Gasteiger partial charge in [-0.05, 0) is 25.5 Å². The summed E-state index contributed by atoms with van der Waals surface area (Å²) in [5, 5.41) is 4.09. The summed E-state index contributed by atoms with van der Waals surface area (Å²) < 4.78 is 5.33. The maximum Gasteiger partial charge on any atom is 0.268 e. The van der Waals surface area contributed by atoms with Gasteiger partial charge < -0.3 is 15.0 Å². The van der Waals surface area contributed by atoms with E-state index < -0.39 is 0 Å². The molecule has 1 aliphatic rings. The summed E-state index contributed by atoms with van der Waals surface area (Å²) in [4.78, 5) is 15.3. The van der Waals surface area contributed by atoms with Crippen LogP contribution in [0.3, 0.4) is 0 Å². The fourth-order valence-electron chi connectivity index (χ4n) is 2.30. The Labute approximate surface area is 105 Å². The molecule has 1 aromatic heterocycles. The predicted molar refractivity (Wildman–Crippen MR) is 69.6 cm³/mol. The number of carbonyl (C=O) groups excluding carboxylic acids is 1. The number of fused-ring (bicyclic) bond motifs is 1. The van der Waals surface area contributed by atoms with Gasteiger partial charge in [0.05, 0.1) is 12.1 Å². The van der Waals surface area contributed by atoms with Crippen molar-refractivity contribution in [2.75, 3.05) is 13.2 Å². The van der Waals surface area contributed by atoms with Gasteiger partial charge >= 0.3 is 0 Å². The van der Waals surface area contributed by atoms with Crippen LogP contribution in [-0.2, 0) is 4.74 Å². The number of benzene rings is 1. The van der Waals surface area contributed by atoms with Crippen molar-refractivity contribution >= 4 is 16.8 Å². The minimum atomic E-state index is -0.242. The number of hydrogen-bond donors (Lipinski definition) is 2. The number of H-pyrrole nitrogens is 1. The summed E-state index contributed by atoms with van der Waals surface area (Å²) in [5.41, 5.74) is 1.34. The van der Waals surface area contributed by atoms with Gasteiger partial charge in [-0.25, -0.2) is 0 Å². The van der Waals surface area contributed by atoms with Crippen LogP contribution in [0.1, 0.15) is 23.8 Å². The number of amides is 1. The number of carbonyl (C=O) groups is 1. The second-order valence-electron chi connectivity index (χ2n) is 5.09. The molecular formula is C14H16N2O2. The highest BCUT2D eigenvalue weighted by atomic mass is 16.5. The summed E-state index contributed by atoms with van der Waals surface area (Å²) >= 11 is 0. The first kappa shape index (κ1) is 11.3. The lowest BCUT2D eigenvalue weighted by atomic mass is 10.0. The molecule has 0 radical (unpaired) electrons. The third-order valence-electron chi connectivity index (χ3n) is 3.41. The molecule has 94 valence electrons. The Morgan fingerprint density at radius 1 is 1.44 bits per heavy atom. The zero-order valence-corrected chi connectivity index (χ0v) is 10.3. The molecule has 1 atom stereocenters. The van der Waals surface area contributed by atoms with E-state index in [4.69, 9.17) is 4.74 Å². The molecule has 2 aromatic rings. The maximum atomic E-state index is 12.2. The SMILES string of the molecule is CC1(NC(=O)c2cc3ccccc3[nH]2)CCOC1. The van der Waals surface area contributed by atoms with E-state index in [-0.39, 0.29) is 11.4 Å². The molecule has 1 aromatic carbocycles. The molecular weight excluding hydrogens is 228 g/mol. The van der Waals surface area contributed by atoms with Gasteiger partial charge in [0.2, 0.25) is 0 Å². The summed E-state index contributed by atoms with van der Waals surface area (Å²) in [5.74, 6) is -0.0702. The molecule has 1 fully saturated rings. The number of para-hydroxylation sites is 1. The fourth-order valence-corrected chi connectivity index (χ4v) is 2.30. The quantitative estimate of drug-likeness (QED) is 0.849. The Bertz CT molecular complexity index is 549. The highest BCUT2D eigenvalue weighted by Crippen LogP contribution is 2.19. The van der Waals surface area contributed by atoms with E-state index in [1.807, 2.05) is 37.3 Å². The molecule has 0 saturated carbocycles. The molecule has 1 saturated heterocycles. The summed E-state index contributed by atoms with van der Waals surface area (Å²) in [6, 6.07) is 9.75. The maximum absolute atomic E-state index is 12.2. The number of aromatic nitrogens is 1. The van der Waals surface area contributed by atoms with E-state index in [9.17, 15) is 4.79 Å². The van der Waals surface area contributed by atoms with Gasteiger partial charge in [0, 0.05) is 17.5 Å². The van der Waals surface area contributed by atoms with Crippen LogP contribution in [0, 0.1) is 0 Å². The Morgan fingerprint density at radius 2 is 2.28 bits per heavy atom. The van der Waals surface area contributed by atoms with Crippen LogP contribution in [0.25, 0.3) is 10.9 Å². The first-order valence-electron chi connectivity index (χ1n) is 6.14. The van der Waals surface area contributed by atoms with Crippen molar-refractivity contribution in [3.8, 4) is 0 Å². The van der Waals surface area contributed by atoms with Crippen LogP contribution in [0.15, 0.2) is 30.3 Å². The molecule has 1 unspecified atom stereocenters. The van der Waals surface area contributed by atoms with Gasteiger partial charge in [-0.15, -0.1) is 0 Å². The Balaban J connectivity index is 1.83. The smallest absolute Gasteiger partial charge is 0.268 e. The molecule has 0 spiro atoms. The first-order valence-corrected chi connectivity index (χ1v) is 6.14. The second-order valence-corrected chi connectivity index (χ2v) is 5.09. The molecule has 18 heavy (non-hydrogen) atoms. The number of hydrogen-bond acceptors (Lipinski definition) is 2. The summed E-state index contributed by atoms with van der Waals surface area (Å²) in [7, 11) is 0. The van der Waals surface area contributed by atoms with E-state index in [1.54, 1.807) is 0 Å². The summed E-state index contributed by atoms with van der Waals surface area (Å²) in [6.45, 7) is 3.31. The van der Waals surface area contributed by atoms with Crippen molar-refractivity contribution < 1.29 is 9.53 Å². The highest BCUT2D eigenvalue weighted by Gasteiger charge is 2.31. The van der Waals surface area contributed by atoms with Gasteiger partial charge in [0.25, 0.3) is 5.91 Å². The topological polar surface area (TPSA) is 54.1 Å². The largest absolute Gasteiger partial charge is 0.379 e. The molecule has 4 heteroatoms. The number of aromatic amines is 1. The van der Waals surface area contributed by atoms with Crippen molar-refractivity contribution in [2.24, 2.45) is 0 Å². The average molecular weight is 244 g/mol. The van der Waals surface area contributed by atoms with Crippen LogP contribution in [0.2, 0.25) is 0 Å². The zero-order chi connectivity index (χ0) is 12.6. The molecule has 4 nitrogen and oxygen atoms in total. The molecule has 1 amide bonds. The van der Waals surface area contributed by atoms with Crippen LogP contribution >= 0.6 is 0 Å². The van der Waals surface area contributed by atoms with Crippen molar-refractivity contribution in [2.45, 2.75) is 18.9 Å². The van der Waals surface area contributed by atoms with Crippen molar-refractivity contribution in [3.05, 3.63) is 36.0 Å². The highest BCUT2D eigenvalue weighted by molar-refractivity contribution is 5.98. The normalized spacial score (nSPS) is 23.4. The van der Waals surface area contributed by atoms with E-state index >= 15 is 0 Å². The lowest BCUT2D eigenvalue weighted by molar-refractivity contribution is 0.0885. The van der Waals surface area contributed by atoms with Gasteiger partial charge in [-0.3, -0.25) is 4.79 Å². The van der Waals surface area contributed by atoms with Gasteiger partial charge in [0.15, 0.2) is 0 Å². The monoisotopic (exact) mass is 244 g/mol. The van der Waals surface area contributed by atoms with Crippen LogP contribution in [-0.4, -0.2) is 29.6 Å². The zero-order valence-electron chi connectivity index (χ0n) is 10.3.